The van der Waals surface area contributed by atoms with E-state index in [-0.39, 0.29) is 6.10 Å². The summed E-state index contributed by atoms with van der Waals surface area (Å²) in [5, 5.41) is 12.7. The summed E-state index contributed by atoms with van der Waals surface area (Å²) in [6.45, 7) is 0.817. The molecule has 2 aromatic rings. The molecule has 6 nitrogen and oxygen atoms in total. The molecule has 1 saturated heterocycles. The lowest BCUT2D eigenvalue weighted by molar-refractivity contribution is 0.109. The third-order valence-electron chi connectivity index (χ3n) is 2.94. The van der Waals surface area contributed by atoms with Crippen molar-refractivity contribution in [3.05, 3.63) is 23.7 Å². The fourth-order valence-corrected chi connectivity index (χ4v) is 2.04. The molecule has 0 bridgehead atoms. The maximum atomic E-state index is 8.73. The minimum Gasteiger partial charge on any atom is -0.378 e. The normalized spacial score (nSPS) is 18.9. The van der Waals surface area contributed by atoms with Crippen LogP contribution >= 0.6 is 0 Å². The fourth-order valence-electron chi connectivity index (χ4n) is 2.04. The van der Waals surface area contributed by atoms with Crippen molar-refractivity contribution in [2.45, 2.75) is 25.4 Å². The Hall–Kier alpha value is -2.13. The van der Waals surface area contributed by atoms with Crippen LogP contribution in [0, 0.1) is 11.3 Å². The summed E-state index contributed by atoms with van der Waals surface area (Å²) in [5.74, 6) is 1.05. The van der Waals surface area contributed by atoms with Gasteiger partial charge in [0.05, 0.1) is 6.10 Å². The molecule has 0 aromatic carbocycles. The molecule has 92 valence electrons. The van der Waals surface area contributed by atoms with Crippen molar-refractivity contribution >= 4 is 0 Å². The van der Waals surface area contributed by atoms with Gasteiger partial charge < -0.3 is 14.2 Å². The van der Waals surface area contributed by atoms with E-state index >= 15 is 0 Å². The van der Waals surface area contributed by atoms with Crippen molar-refractivity contribution in [1.82, 2.24) is 15.1 Å². The van der Waals surface area contributed by atoms with Crippen molar-refractivity contribution in [1.29, 1.82) is 5.26 Å². The van der Waals surface area contributed by atoms with E-state index in [1.54, 1.807) is 12.1 Å². The Morgan fingerprint density at radius 3 is 3.17 bits per heavy atom. The molecule has 2 aromatic heterocycles. The lowest BCUT2D eigenvalue weighted by atomic mass is 10.2. The lowest BCUT2D eigenvalue weighted by Crippen LogP contribution is -2.09. The van der Waals surface area contributed by atoms with E-state index in [1.165, 1.54) is 0 Å². The summed E-state index contributed by atoms with van der Waals surface area (Å²) in [6, 6.07) is 5.45. The molecule has 6 heteroatoms. The number of hydrogen-bond acceptors (Lipinski definition) is 5. The molecule has 0 radical (unpaired) electrons. The van der Waals surface area contributed by atoms with E-state index in [1.807, 2.05) is 6.07 Å². The van der Waals surface area contributed by atoms with Gasteiger partial charge in [-0.25, -0.2) is 0 Å². The van der Waals surface area contributed by atoms with Crippen LogP contribution in [0.3, 0.4) is 0 Å². The average molecular weight is 244 g/mol. The Balaban J connectivity index is 1.74. The number of nitrogens with one attached hydrogen (secondary N) is 1. The predicted octanol–water partition coefficient (Wildman–Crippen LogP) is 1.66. The number of aromatic nitrogens is 3. The van der Waals surface area contributed by atoms with Gasteiger partial charge >= 0.3 is 0 Å². The Bertz CT molecular complexity index is 575. The molecule has 1 atom stereocenters. The minimum atomic E-state index is 0.203. The Kier molecular flexibility index (Phi) is 2.82. The minimum absolute atomic E-state index is 0.203. The number of H-pyrrole nitrogens is 1. The van der Waals surface area contributed by atoms with Crippen molar-refractivity contribution in [3.8, 4) is 17.7 Å². The van der Waals surface area contributed by atoms with Crippen LogP contribution in [-0.2, 0) is 11.2 Å². The summed E-state index contributed by atoms with van der Waals surface area (Å²) in [6.07, 6.45) is 3.02. The number of nitrogens with zero attached hydrogens (tertiary/aromatic N) is 3. The van der Waals surface area contributed by atoms with E-state index < -0.39 is 0 Å². The van der Waals surface area contributed by atoms with Crippen molar-refractivity contribution in [3.63, 3.8) is 0 Å². The molecule has 1 unspecified atom stereocenters. The van der Waals surface area contributed by atoms with Gasteiger partial charge in [-0.1, -0.05) is 5.16 Å². The van der Waals surface area contributed by atoms with Crippen LogP contribution in [0.5, 0.6) is 0 Å². The van der Waals surface area contributed by atoms with E-state index in [4.69, 9.17) is 14.5 Å². The highest BCUT2D eigenvalue weighted by Gasteiger charge is 2.19. The first-order valence-electron chi connectivity index (χ1n) is 5.89. The topological polar surface area (TPSA) is 87.7 Å². The Labute approximate surface area is 104 Å². The van der Waals surface area contributed by atoms with Gasteiger partial charge in [-0.2, -0.15) is 10.2 Å². The molecule has 0 spiro atoms. The highest BCUT2D eigenvalue weighted by Crippen LogP contribution is 2.19. The summed E-state index contributed by atoms with van der Waals surface area (Å²) < 4.78 is 10.7. The summed E-state index contributed by atoms with van der Waals surface area (Å²) in [4.78, 5) is 7.19. The largest absolute Gasteiger partial charge is 0.378 e. The maximum absolute atomic E-state index is 8.73. The van der Waals surface area contributed by atoms with E-state index in [0.717, 1.165) is 19.4 Å². The van der Waals surface area contributed by atoms with Gasteiger partial charge in [0.25, 0.3) is 5.89 Å². The highest BCUT2D eigenvalue weighted by atomic mass is 16.5. The lowest BCUT2D eigenvalue weighted by Gasteiger charge is -2.03. The third-order valence-corrected chi connectivity index (χ3v) is 2.94. The molecular formula is C12H12N4O2. The van der Waals surface area contributed by atoms with Crippen LogP contribution in [0.4, 0.5) is 0 Å². The van der Waals surface area contributed by atoms with Crippen LogP contribution in [0.25, 0.3) is 11.6 Å². The molecule has 0 amide bonds. The number of aromatic amines is 1. The molecule has 3 heterocycles. The zero-order chi connectivity index (χ0) is 12.4. The van der Waals surface area contributed by atoms with Gasteiger partial charge in [0, 0.05) is 13.0 Å². The van der Waals surface area contributed by atoms with Gasteiger partial charge in [-0.3, -0.25) is 0 Å². The van der Waals surface area contributed by atoms with Gasteiger partial charge in [0.2, 0.25) is 0 Å². The van der Waals surface area contributed by atoms with Gasteiger partial charge in [-0.15, -0.1) is 0 Å². The SMILES string of the molecule is N#Cc1ccc(-c2nc(CC3CCCO3)no2)[nH]1. The zero-order valence-electron chi connectivity index (χ0n) is 9.72. The second-order valence-corrected chi connectivity index (χ2v) is 4.25. The maximum Gasteiger partial charge on any atom is 0.274 e. The number of hydrogen-bond donors (Lipinski definition) is 1. The fraction of sp³-hybridized carbons (Fsp3) is 0.417. The van der Waals surface area contributed by atoms with Crippen molar-refractivity contribution in [2.75, 3.05) is 6.61 Å². The molecule has 18 heavy (non-hydrogen) atoms. The van der Waals surface area contributed by atoms with Crippen LogP contribution in [0.2, 0.25) is 0 Å². The summed E-state index contributed by atoms with van der Waals surface area (Å²) >= 11 is 0. The van der Waals surface area contributed by atoms with Gasteiger partial charge in [0.15, 0.2) is 5.82 Å². The number of rotatable bonds is 3. The monoisotopic (exact) mass is 244 g/mol. The molecule has 1 aliphatic heterocycles. The first-order valence-corrected chi connectivity index (χ1v) is 5.89. The third kappa shape index (κ3) is 2.13. The predicted molar refractivity (Wildman–Crippen MR) is 61.5 cm³/mol. The van der Waals surface area contributed by atoms with Crippen LogP contribution in [0.15, 0.2) is 16.7 Å². The standard InChI is InChI=1S/C12H12N4O2/c13-7-8-3-4-10(14-8)12-15-11(16-18-12)6-9-2-1-5-17-9/h3-4,9,14H,1-2,5-6H2. The molecule has 0 aliphatic carbocycles. The first-order chi connectivity index (χ1) is 8.85. The van der Waals surface area contributed by atoms with Crippen molar-refractivity contribution < 1.29 is 9.26 Å². The zero-order valence-corrected chi connectivity index (χ0v) is 9.72. The molecule has 1 fully saturated rings. The molecule has 1 N–H and O–H groups in total. The van der Waals surface area contributed by atoms with Crippen LogP contribution < -0.4 is 0 Å². The highest BCUT2D eigenvalue weighted by molar-refractivity contribution is 5.49. The molecule has 0 saturated carbocycles. The van der Waals surface area contributed by atoms with Gasteiger partial charge in [0.1, 0.15) is 17.5 Å². The van der Waals surface area contributed by atoms with E-state index in [9.17, 15) is 0 Å². The second kappa shape index (κ2) is 4.63. The summed E-state index contributed by atoms with van der Waals surface area (Å²) in [7, 11) is 0. The first kappa shape index (κ1) is 11.0. The van der Waals surface area contributed by atoms with Gasteiger partial charge in [-0.05, 0) is 25.0 Å². The molecule has 3 rings (SSSR count). The molecular weight excluding hydrogens is 232 g/mol. The second-order valence-electron chi connectivity index (χ2n) is 4.25. The van der Waals surface area contributed by atoms with Crippen LogP contribution in [0.1, 0.15) is 24.4 Å². The average Bonchev–Trinajstić information content (AvgIpc) is 3.09. The van der Waals surface area contributed by atoms with E-state index in [0.29, 0.717) is 29.5 Å². The smallest absolute Gasteiger partial charge is 0.274 e. The van der Waals surface area contributed by atoms with Crippen LogP contribution in [-0.4, -0.2) is 27.8 Å². The van der Waals surface area contributed by atoms with Crippen molar-refractivity contribution in [2.24, 2.45) is 0 Å². The summed E-state index contributed by atoms with van der Waals surface area (Å²) in [5.41, 5.74) is 1.14. The number of ether oxygens (including phenoxy) is 1. The van der Waals surface area contributed by atoms with E-state index in [2.05, 4.69) is 15.1 Å². The quantitative estimate of drug-likeness (QED) is 0.887. The Morgan fingerprint density at radius 2 is 2.44 bits per heavy atom. The number of nitriles is 1. The molecule has 1 aliphatic rings. The Morgan fingerprint density at radius 1 is 1.50 bits per heavy atom.